The lowest BCUT2D eigenvalue weighted by atomic mass is 9.45. The van der Waals surface area contributed by atoms with Crippen LogP contribution in [0.2, 0.25) is 0 Å². The van der Waals surface area contributed by atoms with Crippen molar-refractivity contribution in [2.75, 3.05) is 0 Å². The van der Waals surface area contributed by atoms with Gasteiger partial charge >= 0.3 is 5.97 Å². The van der Waals surface area contributed by atoms with E-state index in [0.717, 1.165) is 56.3 Å². The first-order chi connectivity index (χ1) is 14.4. The van der Waals surface area contributed by atoms with Crippen LogP contribution in [0.15, 0.2) is 0 Å². The molecule has 3 nitrogen and oxygen atoms in total. The highest BCUT2D eigenvalue weighted by atomic mass is 16.5. The van der Waals surface area contributed by atoms with Crippen molar-refractivity contribution >= 4 is 11.8 Å². The third-order valence-corrected chi connectivity index (χ3v) is 10.9. The van der Waals surface area contributed by atoms with E-state index in [-0.39, 0.29) is 17.5 Å². The SMILES string of the molecule is C[C@]12CC[C@@H](OC(=O)CCC3CCCC3)C[C@@H]1CC[C@@H]1[C@@H]2CC[C@]2(C)C(=O)CC[C@@H]12. The molecule has 0 spiro atoms. The van der Waals surface area contributed by atoms with Gasteiger partial charge in [0.25, 0.3) is 0 Å². The third kappa shape index (κ3) is 3.47. The van der Waals surface area contributed by atoms with Crippen LogP contribution < -0.4 is 0 Å². The van der Waals surface area contributed by atoms with Crippen molar-refractivity contribution in [1.82, 2.24) is 0 Å². The lowest BCUT2D eigenvalue weighted by molar-refractivity contribution is -0.162. The average Bonchev–Trinajstić information content (AvgIpc) is 3.35. The molecule has 0 bridgehead atoms. The van der Waals surface area contributed by atoms with Crippen molar-refractivity contribution in [1.29, 1.82) is 0 Å². The van der Waals surface area contributed by atoms with E-state index in [2.05, 4.69) is 13.8 Å². The average molecular weight is 415 g/mol. The number of ether oxygens (including phenoxy) is 1. The first kappa shape index (κ1) is 21.0. The van der Waals surface area contributed by atoms with Crippen LogP contribution in [0.4, 0.5) is 0 Å². The van der Waals surface area contributed by atoms with E-state index in [1.165, 1.54) is 51.4 Å². The Kier molecular flexibility index (Phi) is 5.55. The van der Waals surface area contributed by atoms with Crippen LogP contribution in [0.5, 0.6) is 0 Å². The number of carbonyl (C=O) groups excluding carboxylic acids is 2. The van der Waals surface area contributed by atoms with E-state index in [1.807, 2.05) is 0 Å². The largest absolute Gasteiger partial charge is 0.462 e. The minimum atomic E-state index is -0.0174. The van der Waals surface area contributed by atoms with E-state index in [4.69, 9.17) is 4.74 Å². The minimum absolute atomic E-state index is 0.0174. The number of fused-ring (bicyclic) bond motifs is 5. The topological polar surface area (TPSA) is 43.4 Å². The number of rotatable bonds is 4. The quantitative estimate of drug-likeness (QED) is 0.494. The normalized spacial score (nSPS) is 46.2. The summed E-state index contributed by atoms with van der Waals surface area (Å²) < 4.78 is 6.00. The third-order valence-electron chi connectivity index (χ3n) is 10.9. The van der Waals surface area contributed by atoms with E-state index in [9.17, 15) is 9.59 Å². The van der Waals surface area contributed by atoms with Gasteiger partial charge in [-0.05, 0) is 92.8 Å². The van der Waals surface area contributed by atoms with Crippen LogP contribution in [-0.4, -0.2) is 17.9 Å². The predicted molar refractivity (Wildman–Crippen MR) is 118 cm³/mol. The summed E-state index contributed by atoms with van der Waals surface area (Å²) >= 11 is 0. The number of Topliss-reactive ketones (excluding diaryl/α,β-unsaturated/α-hetero) is 1. The molecule has 168 valence electrons. The minimum Gasteiger partial charge on any atom is -0.462 e. The highest BCUT2D eigenvalue weighted by Crippen LogP contribution is 2.65. The van der Waals surface area contributed by atoms with E-state index >= 15 is 0 Å². The lowest BCUT2D eigenvalue weighted by Gasteiger charge is -2.60. The highest BCUT2D eigenvalue weighted by molar-refractivity contribution is 5.87. The van der Waals surface area contributed by atoms with Gasteiger partial charge in [-0.2, -0.15) is 0 Å². The summed E-state index contributed by atoms with van der Waals surface area (Å²) in [4.78, 5) is 25.1. The van der Waals surface area contributed by atoms with Gasteiger partial charge in [-0.1, -0.05) is 39.5 Å². The van der Waals surface area contributed by atoms with Gasteiger partial charge in [0.1, 0.15) is 11.9 Å². The second-order valence-corrected chi connectivity index (χ2v) is 12.2. The standard InChI is InChI=1S/C27H42O3/c1-26-15-13-20(30-25(29)12-7-18-5-3-4-6-18)17-19(26)8-9-21-22-10-11-24(28)27(22,2)16-14-23(21)26/h18-23H,3-17H2,1-2H3/t19-,20+,21-,22-,23-,26-,27-/m0/s1. The molecule has 0 saturated heterocycles. The zero-order valence-corrected chi connectivity index (χ0v) is 19.3. The monoisotopic (exact) mass is 414 g/mol. The van der Waals surface area contributed by atoms with Crippen LogP contribution in [0.1, 0.15) is 110 Å². The zero-order valence-electron chi connectivity index (χ0n) is 19.3. The summed E-state index contributed by atoms with van der Waals surface area (Å²) in [6, 6.07) is 0. The number of hydrogen-bond acceptors (Lipinski definition) is 3. The fourth-order valence-electron chi connectivity index (χ4n) is 8.96. The Morgan fingerprint density at radius 2 is 1.77 bits per heavy atom. The summed E-state index contributed by atoms with van der Waals surface area (Å²) in [5.74, 6) is 4.23. The number of carbonyl (C=O) groups is 2. The maximum Gasteiger partial charge on any atom is 0.306 e. The Labute approximate surface area is 183 Å². The van der Waals surface area contributed by atoms with Crippen LogP contribution in [0, 0.1) is 40.4 Å². The van der Waals surface area contributed by atoms with Crippen LogP contribution in [-0.2, 0) is 14.3 Å². The van der Waals surface area contributed by atoms with E-state index < -0.39 is 0 Å². The molecular weight excluding hydrogens is 372 g/mol. The van der Waals surface area contributed by atoms with Gasteiger partial charge < -0.3 is 4.74 Å². The van der Waals surface area contributed by atoms with Gasteiger partial charge in [0.15, 0.2) is 0 Å². The Bertz CT molecular complexity index is 680. The van der Waals surface area contributed by atoms with Gasteiger partial charge in [-0.15, -0.1) is 0 Å². The first-order valence-corrected chi connectivity index (χ1v) is 13.1. The molecule has 3 heteroatoms. The maximum atomic E-state index is 12.6. The predicted octanol–water partition coefficient (Wildman–Crippen LogP) is 6.48. The molecule has 5 saturated carbocycles. The van der Waals surface area contributed by atoms with Crippen LogP contribution in [0.3, 0.4) is 0 Å². The highest BCUT2D eigenvalue weighted by Gasteiger charge is 2.60. The molecule has 0 unspecified atom stereocenters. The molecule has 30 heavy (non-hydrogen) atoms. The second-order valence-electron chi connectivity index (χ2n) is 12.2. The molecule has 7 atom stereocenters. The van der Waals surface area contributed by atoms with Gasteiger partial charge in [-0.3, -0.25) is 9.59 Å². The van der Waals surface area contributed by atoms with Crippen molar-refractivity contribution in [2.45, 2.75) is 116 Å². The number of hydrogen-bond donors (Lipinski definition) is 0. The molecule has 5 aliphatic rings. The Morgan fingerprint density at radius 3 is 2.57 bits per heavy atom. The number of ketones is 1. The molecule has 0 aromatic rings. The Hall–Kier alpha value is -0.860. The summed E-state index contributed by atoms with van der Waals surface area (Å²) in [7, 11) is 0. The summed E-state index contributed by atoms with van der Waals surface area (Å²) in [5.41, 5.74) is 0.374. The Morgan fingerprint density at radius 1 is 0.967 bits per heavy atom. The van der Waals surface area contributed by atoms with Crippen molar-refractivity contribution in [3.63, 3.8) is 0 Å². The molecule has 5 rings (SSSR count). The molecule has 0 aliphatic heterocycles. The van der Waals surface area contributed by atoms with Crippen LogP contribution >= 0.6 is 0 Å². The van der Waals surface area contributed by atoms with Crippen molar-refractivity contribution in [3.8, 4) is 0 Å². The van der Waals surface area contributed by atoms with Gasteiger partial charge in [-0.25, -0.2) is 0 Å². The fraction of sp³-hybridized carbons (Fsp3) is 0.926. The Balaban J connectivity index is 1.19. The summed E-state index contributed by atoms with van der Waals surface area (Å²) in [6.45, 7) is 4.83. The molecular formula is C27H42O3. The van der Waals surface area contributed by atoms with Crippen LogP contribution in [0.25, 0.3) is 0 Å². The van der Waals surface area contributed by atoms with Crippen molar-refractivity contribution in [3.05, 3.63) is 0 Å². The van der Waals surface area contributed by atoms with E-state index in [1.54, 1.807) is 0 Å². The number of esters is 1. The van der Waals surface area contributed by atoms with Crippen molar-refractivity contribution < 1.29 is 14.3 Å². The lowest BCUT2D eigenvalue weighted by Crippen LogP contribution is -2.54. The molecule has 0 aromatic heterocycles. The van der Waals surface area contributed by atoms with Gasteiger partial charge in [0.2, 0.25) is 0 Å². The first-order valence-electron chi connectivity index (χ1n) is 13.1. The van der Waals surface area contributed by atoms with Gasteiger partial charge in [0.05, 0.1) is 0 Å². The molecule has 0 radical (unpaired) electrons. The fourth-order valence-corrected chi connectivity index (χ4v) is 8.96. The molecule has 0 heterocycles. The molecule has 5 aliphatic carbocycles. The summed E-state index contributed by atoms with van der Waals surface area (Å²) in [6.07, 6.45) is 17.3. The zero-order chi connectivity index (χ0) is 20.9. The molecule has 5 fully saturated rings. The molecule has 0 amide bonds. The molecule has 0 N–H and O–H groups in total. The van der Waals surface area contributed by atoms with Gasteiger partial charge in [0, 0.05) is 18.3 Å². The maximum absolute atomic E-state index is 12.6. The smallest absolute Gasteiger partial charge is 0.306 e. The summed E-state index contributed by atoms with van der Waals surface area (Å²) in [5, 5.41) is 0. The second kappa shape index (κ2) is 7.93. The van der Waals surface area contributed by atoms with Crippen molar-refractivity contribution in [2.24, 2.45) is 40.4 Å². The molecule has 0 aromatic carbocycles. The van der Waals surface area contributed by atoms with E-state index in [0.29, 0.717) is 29.5 Å².